The number of aliphatic hydroxyl groups is 1. The maximum Gasteiger partial charge on any atom is 0.292 e. The molecule has 21 heavy (non-hydrogen) atoms. The van der Waals surface area contributed by atoms with E-state index >= 15 is 0 Å². The monoisotopic (exact) mass is 319 g/mol. The van der Waals surface area contributed by atoms with Gasteiger partial charge in [0.1, 0.15) is 5.69 Å². The summed E-state index contributed by atoms with van der Waals surface area (Å²) in [7, 11) is -2.49. The van der Waals surface area contributed by atoms with Gasteiger partial charge in [0.25, 0.3) is 5.69 Å². The fourth-order valence-electron chi connectivity index (χ4n) is 1.67. The van der Waals surface area contributed by atoms with E-state index in [0.717, 1.165) is 22.5 Å². The molecule has 0 saturated heterocycles. The van der Waals surface area contributed by atoms with Crippen LogP contribution in [0.4, 0.5) is 11.4 Å². The standard InChI is InChI=1S/C11H17N3O6S/c1-20-7-5-13(4-6-15)21(18,19)9-2-3-11(14(16)17)10(12)8-9/h2-3,8,15H,4-7,12H2,1H3. The van der Waals surface area contributed by atoms with Crippen molar-refractivity contribution in [3.05, 3.63) is 28.3 Å². The number of nitrogens with zero attached hydrogens (tertiary/aromatic N) is 2. The second-order valence-corrected chi connectivity index (χ2v) is 6.04. The van der Waals surface area contributed by atoms with Crippen LogP contribution in [0.2, 0.25) is 0 Å². The van der Waals surface area contributed by atoms with Crippen LogP contribution in [0.15, 0.2) is 23.1 Å². The Hall–Kier alpha value is -1.75. The summed E-state index contributed by atoms with van der Waals surface area (Å²) in [5.74, 6) is 0. The van der Waals surface area contributed by atoms with Crippen molar-refractivity contribution in [1.82, 2.24) is 4.31 Å². The number of hydrogen-bond acceptors (Lipinski definition) is 7. The van der Waals surface area contributed by atoms with Crippen LogP contribution in [0.25, 0.3) is 0 Å². The molecule has 1 aromatic carbocycles. The van der Waals surface area contributed by atoms with E-state index in [1.54, 1.807) is 0 Å². The Kier molecular flexibility index (Phi) is 6.03. The number of ether oxygens (including phenoxy) is 1. The summed E-state index contributed by atoms with van der Waals surface area (Å²) in [6.07, 6.45) is 0. The number of rotatable bonds is 8. The Morgan fingerprint density at radius 2 is 2.10 bits per heavy atom. The Labute approximate surface area is 122 Å². The van der Waals surface area contributed by atoms with E-state index in [4.69, 9.17) is 15.6 Å². The molecule has 9 nitrogen and oxygen atoms in total. The first-order valence-corrected chi connectivity index (χ1v) is 7.42. The number of anilines is 1. The van der Waals surface area contributed by atoms with Gasteiger partial charge in [0.15, 0.2) is 0 Å². The quantitative estimate of drug-likeness (QED) is 0.385. The molecular weight excluding hydrogens is 302 g/mol. The summed E-state index contributed by atoms with van der Waals surface area (Å²) in [4.78, 5) is 9.81. The molecule has 1 rings (SSSR count). The van der Waals surface area contributed by atoms with Crippen LogP contribution in [-0.4, -0.2) is 56.2 Å². The minimum Gasteiger partial charge on any atom is -0.395 e. The number of benzene rings is 1. The Morgan fingerprint density at radius 3 is 2.57 bits per heavy atom. The summed E-state index contributed by atoms with van der Waals surface area (Å²) in [6.45, 7) is -0.258. The van der Waals surface area contributed by atoms with Crippen molar-refractivity contribution >= 4 is 21.4 Å². The normalized spacial score (nSPS) is 11.8. The Bertz CT molecular complexity index is 604. The highest BCUT2D eigenvalue weighted by atomic mass is 32.2. The fourth-order valence-corrected chi connectivity index (χ4v) is 3.12. The van der Waals surface area contributed by atoms with Crippen LogP contribution in [0.3, 0.4) is 0 Å². The van der Waals surface area contributed by atoms with E-state index in [1.807, 2.05) is 0 Å². The largest absolute Gasteiger partial charge is 0.395 e. The van der Waals surface area contributed by atoms with E-state index in [0.29, 0.717) is 0 Å². The molecule has 0 bridgehead atoms. The third-order valence-electron chi connectivity index (χ3n) is 2.73. The topological polar surface area (TPSA) is 136 Å². The lowest BCUT2D eigenvalue weighted by Crippen LogP contribution is -2.36. The molecule has 0 unspecified atom stereocenters. The van der Waals surface area contributed by atoms with E-state index in [-0.39, 0.29) is 42.6 Å². The number of nitrogens with two attached hydrogens (primary N) is 1. The molecule has 0 aliphatic carbocycles. The molecule has 0 atom stereocenters. The van der Waals surface area contributed by atoms with Crippen LogP contribution in [-0.2, 0) is 14.8 Å². The Balaban J connectivity index is 3.15. The Morgan fingerprint density at radius 1 is 1.43 bits per heavy atom. The van der Waals surface area contributed by atoms with Crippen molar-refractivity contribution < 1.29 is 23.2 Å². The van der Waals surface area contributed by atoms with Crippen molar-refractivity contribution in [1.29, 1.82) is 0 Å². The van der Waals surface area contributed by atoms with Crippen molar-refractivity contribution in [2.45, 2.75) is 4.90 Å². The minimum absolute atomic E-state index is 0.0519. The molecule has 0 saturated carbocycles. The van der Waals surface area contributed by atoms with Crippen molar-refractivity contribution in [2.24, 2.45) is 0 Å². The first-order valence-electron chi connectivity index (χ1n) is 5.98. The third kappa shape index (κ3) is 4.11. The van der Waals surface area contributed by atoms with Gasteiger partial charge in [-0.25, -0.2) is 8.42 Å². The zero-order valence-corrected chi connectivity index (χ0v) is 12.2. The first kappa shape index (κ1) is 17.3. The predicted octanol–water partition coefficient (Wildman–Crippen LogP) is -0.194. The summed E-state index contributed by atoms with van der Waals surface area (Å²) in [6, 6.07) is 3.18. The highest BCUT2D eigenvalue weighted by Crippen LogP contribution is 2.26. The van der Waals surface area contributed by atoms with Crippen LogP contribution in [0, 0.1) is 10.1 Å². The highest BCUT2D eigenvalue weighted by Gasteiger charge is 2.25. The van der Waals surface area contributed by atoms with E-state index < -0.39 is 14.9 Å². The van der Waals surface area contributed by atoms with Gasteiger partial charge in [-0.1, -0.05) is 0 Å². The fraction of sp³-hybridized carbons (Fsp3) is 0.455. The summed E-state index contributed by atoms with van der Waals surface area (Å²) in [5.41, 5.74) is 4.89. The lowest BCUT2D eigenvalue weighted by molar-refractivity contribution is -0.383. The van der Waals surface area contributed by atoms with Crippen molar-refractivity contribution in [3.63, 3.8) is 0 Å². The second kappa shape index (κ2) is 7.31. The molecule has 0 aromatic heterocycles. The van der Waals surface area contributed by atoms with Gasteiger partial charge in [0.2, 0.25) is 10.0 Å². The number of aliphatic hydroxyl groups excluding tert-OH is 1. The van der Waals surface area contributed by atoms with Crippen LogP contribution >= 0.6 is 0 Å². The number of methoxy groups -OCH3 is 1. The minimum atomic E-state index is -3.91. The van der Waals surface area contributed by atoms with Gasteiger partial charge < -0.3 is 15.6 Å². The van der Waals surface area contributed by atoms with E-state index in [2.05, 4.69) is 0 Å². The number of sulfonamides is 1. The van der Waals surface area contributed by atoms with Gasteiger partial charge >= 0.3 is 0 Å². The van der Waals surface area contributed by atoms with Gasteiger partial charge in [-0.15, -0.1) is 0 Å². The maximum atomic E-state index is 12.4. The number of nitrogen functional groups attached to an aromatic ring is 1. The zero-order chi connectivity index (χ0) is 16.0. The summed E-state index contributed by atoms with van der Waals surface area (Å²) < 4.78 is 30.6. The smallest absolute Gasteiger partial charge is 0.292 e. The SMILES string of the molecule is COCCN(CCO)S(=O)(=O)c1ccc([N+](=O)[O-])c(N)c1. The molecule has 0 fully saturated rings. The molecule has 10 heteroatoms. The lowest BCUT2D eigenvalue weighted by atomic mass is 10.3. The van der Waals surface area contributed by atoms with Crippen molar-refractivity contribution in [2.75, 3.05) is 39.1 Å². The predicted molar refractivity (Wildman–Crippen MR) is 75.2 cm³/mol. The molecule has 0 heterocycles. The van der Waals surface area contributed by atoms with Crippen LogP contribution < -0.4 is 5.73 Å². The molecule has 0 aliphatic heterocycles. The maximum absolute atomic E-state index is 12.4. The molecule has 0 spiro atoms. The van der Waals surface area contributed by atoms with Crippen LogP contribution in [0.1, 0.15) is 0 Å². The highest BCUT2D eigenvalue weighted by molar-refractivity contribution is 7.89. The number of hydrogen-bond donors (Lipinski definition) is 2. The summed E-state index contributed by atoms with van der Waals surface area (Å²) in [5, 5.41) is 19.6. The molecule has 0 radical (unpaired) electrons. The third-order valence-corrected chi connectivity index (χ3v) is 4.62. The van der Waals surface area contributed by atoms with Gasteiger partial charge in [0, 0.05) is 26.3 Å². The molecule has 0 aliphatic rings. The van der Waals surface area contributed by atoms with E-state index in [1.165, 1.54) is 7.11 Å². The van der Waals surface area contributed by atoms with Gasteiger partial charge in [-0.2, -0.15) is 4.31 Å². The summed E-state index contributed by atoms with van der Waals surface area (Å²) >= 11 is 0. The molecule has 118 valence electrons. The number of nitro benzene ring substituents is 1. The average molecular weight is 319 g/mol. The molecule has 3 N–H and O–H groups in total. The lowest BCUT2D eigenvalue weighted by Gasteiger charge is -2.21. The van der Waals surface area contributed by atoms with Crippen LogP contribution in [0.5, 0.6) is 0 Å². The first-order chi connectivity index (χ1) is 9.84. The van der Waals surface area contributed by atoms with Gasteiger partial charge in [0.05, 0.1) is 23.0 Å². The zero-order valence-electron chi connectivity index (χ0n) is 11.4. The molecule has 0 amide bonds. The average Bonchev–Trinajstić information content (AvgIpc) is 2.42. The molecular formula is C11H17N3O6S. The molecule has 1 aromatic rings. The van der Waals surface area contributed by atoms with Crippen molar-refractivity contribution in [3.8, 4) is 0 Å². The van der Waals surface area contributed by atoms with Gasteiger partial charge in [-0.05, 0) is 12.1 Å². The van der Waals surface area contributed by atoms with Gasteiger partial charge in [-0.3, -0.25) is 10.1 Å². The van der Waals surface area contributed by atoms with E-state index in [9.17, 15) is 18.5 Å². The number of nitro groups is 1. The second-order valence-electron chi connectivity index (χ2n) is 4.10.